The second kappa shape index (κ2) is 8.97. The third-order valence-corrected chi connectivity index (χ3v) is 6.01. The molecule has 2 aliphatic heterocycles. The van der Waals surface area contributed by atoms with E-state index < -0.39 is 0 Å². The zero-order valence-corrected chi connectivity index (χ0v) is 17.3. The molecule has 2 fully saturated rings. The molecule has 1 atom stereocenters. The highest BCUT2D eigenvalue weighted by molar-refractivity contribution is 5.95. The highest BCUT2D eigenvalue weighted by Gasteiger charge is 2.31. The molecular weight excluding hydrogens is 368 g/mol. The molecule has 0 radical (unpaired) electrons. The number of rotatable bonds is 5. The summed E-state index contributed by atoms with van der Waals surface area (Å²) in [6, 6.07) is 7.99. The third-order valence-electron chi connectivity index (χ3n) is 6.01. The third kappa shape index (κ3) is 4.16. The maximum Gasteiger partial charge on any atom is 0.257 e. The molecule has 1 aromatic heterocycles. The van der Waals surface area contributed by atoms with Crippen molar-refractivity contribution < 1.29 is 14.3 Å². The molecule has 1 unspecified atom stereocenters. The molecule has 7 nitrogen and oxygen atoms in total. The first kappa shape index (κ1) is 19.9. The summed E-state index contributed by atoms with van der Waals surface area (Å²) in [5.41, 5.74) is 2.36. The number of morpholine rings is 1. The normalized spacial score (nSPS) is 20.6. The van der Waals surface area contributed by atoms with Crippen molar-refractivity contribution in [1.29, 1.82) is 0 Å². The van der Waals surface area contributed by atoms with Gasteiger partial charge in [-0.05, 0) is 38.3 Å². The Morgan fingerprint density at radius 2 is 2.00 bits per heavy atom. The first-order valence-electron chi connectivity index (χ1n) is 10.5. The Bertz CT molecular complexity index is 844. The Kier molecular flexibility index (Phi) is 6.16. The summed E-state index contributed by atoms with van der Waals surface area (Å²) in [7, 11) is 1.65. The van der Waals surface area contributed by atoms with E-state index in [-0.39, 0.29) is 11.9 Å². The number of hydrogen-bond donors (Lipinski definition) is 0. The highest BCUT2D eigenvalue weighted by atomic mass is 16.5. The molecule has 2 aliphatic rings. The minimum atomic E-state index is 0.0848. The number of amides is 1. The predicted molar refractivity (Wildman–Crippen MR) is 111 cm³/mol. The molecule has 0 aliphatic carbocycles. The summed E-state index contributed by atoms with van der Waals surface area (Å²) >= 11 is 0. The highest BCUT2D eigenvalue weighted by Crippen LogP contribution is 2.26. The second-order valence-electron chi connectivity index (χ2n) is 7.79. The lowest BCUT2D eigenvalue weighted by atomic mass is 10.00. The van der Waals surface area contributed by atoms with Crippen molar-refractivity contribution in [2.75, 3.05) is 46.5 Å². The number of piperidine rings is 1. The van der Waals surface area contributed by atoms with Gasteiger partial charge in [0.25, 0.3) is 5.91 Å². The maximum absolute atomic E-state index is 13.5. The minimum Gasteiger partial charge on any atom is -0.494 e. The summed E-state index contributed by atoms with van der Waals surface area (Å²) < 4.78 is 12.7. The van der Waals surface area contributed by atoms with Crippen LogP contribution in [-0.2, 0) is 4.74 Å². The van der Waals surface area contributed by atoms with Crippen molar-refractivity contribution in [3.63, 3.8) is 0 Å². The minimum absolute atomic E-state index is 0.0848. The van der Waals surface area contributed by atoms with Gasteiger partial charge in [0.05, 0.1) is 37.8 Å². The van der Waals surface area contributed by atoms with Gasteiger partial charge in [-0.25, -0.2) is 4.68 Å². The van der Waals surface area contributed by atoms with Gasteiger partial charge >= 0.3 is 0 Å². The topological polar surface area (TPSA) is 59.8 Å². The van der Waals surface area contributed by atoms with Gasteiger partial charge in [-0.1, -0.05) is 12.1 Å². The van der Waals surface area contributed by atoms with Gasteiger partial charge in [-0.3, -0.25) is 9.69 Å². The second-order valence-corrected chi connectivity index (χ2v) is 7.79. The van der Waals surface area contributed by atoms with Crippen LogP contribution in [0.3, 0.4) is 0 Å². The number of carbonyl (C=O) groups excluding carboxylic acids is 1. The number of benzene rings is 1. The molecule has 4 rings (SSSR count). The average molecular weight is 399 g/mol. The molecular formula is C22H30N4O3. The lowest BCUT2D eigenvalue weighted by Gasteiger charge is -2.39. The van der Waals surface area contributed by atoms with Crippen molar-refractivity contribution in [2.45, 2.75) is 32.2 Å². The van der Waals surface area contributed by atoms with Crippen LogP contribution in [0.5, 0.6) is 5.75 Å². The maximum atomic E-state index is 13.5. The van der Waals surface area contributed by atoms with Gasteiger partial charge in [0.1, 0.15) is 11.4 Å². The molecule has 2 aromatic rings. The first-order valence-corrected chi connectivity index (χ1v) is 10.5. The lowest BCUT2D eigenvalue weighted by Crippen LogP contribution is -2.51. The molecule has 0 saturated carbocycles. The van der Waals surface area contributed by atoms with Crippen LogP contribution >= 0.6 is 0 Å². The summed E-state index contributed by atoms with van der Waals surface area (Å²) in [4.78, 5) is 18.0. The fourth-order valence-electron chi connectivity index (χ4n) is 4.36. The van der Waals surface area contributed by atoms with Crippen LogP contribution in [0.1, 0.15) is 35.3 Å². The predicted octanol–water partition coefficient (Wildman–Crippen LogP) is 2.52. The van der Waals surface area contributed by atoms with Crippen LogP contribution in [-0.4, -0.2) is 78.0 Å². The molecule has 0 spiro atoms. The van der Waals surface area contributed by atoms with Crippen molar-refractivity contribution in [2.24, 2.45) is 0 Å². The van der Waals surface area contributed by atoms with Crippen LogP contribution in [0.4, 0.5) is 0 Å². The Balaban J connectivity index is 1.55. The number of methoxy groups -OCH3 is 1. The fraction of sp³-hybridized carbons (Fsp3) is 0.545. The summed E-state index contributed by atoms with van der Waals surface area (Å²) in [6.07, 6.45) is 5.00. The van der Waals surface area contributed by atoms with E-state index in [2.05, 4.69) is 14.9 Å². The van der Waals surface area contributed by atoms with E-state index in [0.717, 1.165) is 69.4 Å². The SMILES string of the molecule is COc1ccccc1-n1ncc(C(=O)N2CCCCC2CN2CCOCC2)c1C. The van der Waals surface area contributed by atoms with E-state index in [1.165, 1.54) is 6.42 Å². The number of likely N-dealkylation sites (tertiary alicyclic amines) is 1. The van der Waals surface area contributed by atoms with Crippen LogP contribution in [0.25, 0.3) is 5.69 Å². The number of nitrogens with zero attached hydrogens (tertiary/aromatic N) is 4. The van der Waals surface area contributed by atoms with Gasteiger partial charge in [-0.2, -0.15) is 5.10 Å². The molecule has 3 heterocycles. The van der Waals surface area contributed by atoms with Crippen LogP contribution in [0.2, 0.25) is 0 Å². The van der Waals surface area contributed by atoms with E-state index in [1.54, 1.807) is 18.0 Å². The van der Waals surface area contributed by atoms with E-state index in [1.807, 2.05) is 31.2 Å². The molecule has 2 saturated heterocycles. The zero-order valence-electron chi connectivity index (χ0n) is 17.3. The Hall–Kier alpha value is -2.38. The van der Waals surface area contributed by atoms with E-state index in [9.17, 15) is 4.79 Å². The molecule has 0 N–H and O–H groups in total. The molecule has 7 heteroatoms. The molecule has 0 bridgehead atoms. The first-order chi connectivity index (χ1) is 14.2. The number of ether oxygens (including phenoxy) is 2. The van der Waals surface area contributed by atoms with Gasteiger partial charge in [0.2, 0.25) is 0 Å². The number of carbonyl (C=O) groups is 1. The van der Waals surface area contributed by atoms with Gasteiger partial charge < -0.3 is 14.4 Å². The van der Waals surface area contributed by atoms with Gasteiger partial charge in [0.15, 0.2) is 0 Å². The standard InChI is InChI=1S/C22H30N4O3/c1-17-19(15-23-26(17)20-8-3-4-9-21(20)28-2)22(27)25-10-6-5-7-18(25)16-24-11-13-29-14-12-24/h3-4,8-9,15,18H,5-7,10-14,16H2,1-2H3. The average Bonchev–Trinajstić information content (AvgIpc) is 3.15. The number of aromatic nitrogens is 2. The molecule has 156 valence electrons. The Morgan fingerprint density at radius 3 is 2.79 bits per heavy atom. The van der Waals surface area contributed by atoms with Crippen molar-refractivity contribution in [1.82, 2.24) is 19.6 Å². The van der Waals surface area contributed by atoms with Crippen LogP contribution < -0.4 is 4.74 Å². The largest absolute Gasteiger partial charge is 0.494 e. The molecule has 1 amide bonds. The van der Waals surface area contributed by atoms with Crippen molar-refractivity contribution >= 4 is 5.91 Å². The van der Waals surface area contributed by atoms with E-state index >= 15 is 0 Å². The van der Waals surface area contributed by atoms with Gasteiger partial charge in [-0.15, -0.1) is 0 Å². The summed E-state index contributed by atoms with van der Waals surface area (Å²) in [6.45, 7) is 7.15. The fourth-order valence-corrected chi connectivity index (χ4v) is 4.36. The number of para-hydroxylation sites is 2. The molecule has 29 heavy (non-hydrogen) atoms. The van der Waals surface area contributed by atoms with Crippen molar-refractivity contribution in [3.05, 3.63) is 41.7 Å². The van der Waals surface area contributed by atoms with E-state index in [4.69, 9.17) is 9.47 Å². The Labute approximate surface area is 172 Å². The zero-order chi connectivity index (χ0) is 20.2. The quantitative estimate of drug-likeness (QED) is 0.775. The smallest absolute Gasteiger partial charge is 0.257 e. The number of hydrogen-bond acceptors (Lipinski definition) is 5. The van der Waals surface area contributed by atoms with Crippen LogP contribution in [0.15, 0.2) is 30.5 Å². The Morgan fingerprint density at radius 1 is 1.21 bits per heavy atom. The summed E-state index contributed by atoms with van der Waals surface area (Å²) in [5.74, 6) is 0.822. The molecule has 1 aromatic carbocycles. The van der Waals surface area contributed by atoms with Crippen LogP contribution in [0, 0.1) is 6.92 Å². The van der Waals surface area contributed by atoms with E-state index in [0.29, 0.717) is 5.56 Å². The van der Waals surface area contributed by atoms with Gasteiger partial charge in [0, 0.05) is 32.2 Å². The monoisotopic (exact) mass is 398 g/mol. The lowest BCUT2D eigenvalue weighted by molar-refractivity contribution is 0.0166. The van der Waals surface area contributed by atoms with Crippen molar-refractivity contribution in [3.8, 4) is 11.4 Å². The summed E-state index contributed by atoms with van der Waals surface area (Å²) in [5, 5.41) is 4.51.